The van der Waals surface area contributed by atoms with E-state index in [-0.39, 0.29) is 30.5 Å². The number of aliphatic hydroxyl groups excluding tert-OH is 1. The fraction of sp³-hybridized carbons (Fsp3) is 0.611. The van der Waals surface area contributed by atoms with Gasteiger partial charge in [0.05, 0.1) is 25.4 Å². The van der Waals surface area contributed by atoms with E-state index in [4.69, 9.17) is 9.47 Å². The van der Waals surface area contributed by atoms with Gasteiger partial charge in [0.1, 0.15) is 11.5 Å². The van der Waals surface area contributed by atoms with Crippen molar-refractivity contribution >= 4 is 18.3 Å². The summed E-state index contributed by atoms with van der Waals surface area (Å²) in [5.74, 6) is 1.44. The zero-order valence-electron chi connectivity index (χ0n) is 14.5. The molecule has 0 spiro atoms. The first-order valence-corrected chi connectivity index (χ1v) is 8.68. The molecule has 3 N–H and O–H groups in total. The van der Waals surface area contributed by atoms with Gasteiger partial charge in [0.25, 0.3) is 0 Å². The maximum atomic E-state index is 12.2. The molecule has 3 rings (SSSR count). The second-order valence-electron chi connectivity index (χ2n) is 6.57. The predicted molar refractivity (Wildman–Crippen MR) is 97.4 cm³/mol. The van der Waals surface area contributed by atoms with Gasteiger partial charge in [-0.05, 0) is 44.2 Å². The van der Waals surface area contributed by atoms with Crippen LogP contribution in [-0.4, -0.2) is 42.9 Å². The zero-order valence-corrected chi connectivity index (χ0v) is 15.3. The number of amides is 1. The lowest BCUT2D eigenvalue weighted by molar-refractivity contribution is -0.123. The Hall–Kier alpha value is -1.50. The molecule has 140 valence electrons. The van der Waals surface area contributed by atoms with Gasteiger partial charge in [-0.1, -0.05) is 0 Å². The van der Waals surface area contributed by atoms with Crippen molar-refractivity contribution in [3.63, 3.8) is 0 Å². The first-order valence-electron chi connectivity index (χ1n) is 8.68. The molecule has 1 saturated heterocycles. The highest BCUT2D eigenvalue weighted by molar-refractivity contribution is 5.85. The number of aliphatic hydroxyl groups is 1. The van der Waals surface area contributed by atoms with Crippen molar-refractivity contribution in [2.45, 2.75) is 56.9 Å². The van der Waals surface area contributed by atoms with Crippen molar-refractivity contribution in [3.05, 3.63) is 23.8 Å². The van der Waals surface area contributed by atoms with E-state index in [1.807, 2.05) is 18.2 Å². The number of carbonyl (C=O) groups excluding carboxylic acids is 1. The minimum absolute atomic E-state index is 0. The van der Waals surface area contributed by atoms with Crippen molar-refractivity contribution in [2.24, 2.45) is 0 Å². The van der Waals surface area contributed by atoms with Gasteiger partial charge in [0.2, 0.25) is 5.91 Å². The summed E-state index contributed by atoms with van der Waals surface area (Å²) < 4.78 is 11.4. The van der Waals surface area contributed by atoms with Crippen molar-refractivity contribution in [3.8, 4) is 11.5 Å². The van der Waals surface area contributed by atoms with Crippen LogP contribution in [0.5, 0.6) is 11.5 Å². The van der Waals surface area contributed by atoms with E-state index in [9.17, 15) is 9.90 Å². The monoisotopic (exact) mass is 370 g/mol. The maximum Gasteiger partial charge on any atom is 0.237 e. The Morgan fingerprint density at radius 2 is 2.12 bits per heavy atom. The number of ether oxygens (including phenoxy) is 2. The minimum Gasteiger partial charge on any atom is -0.497 e. The number of methoxy groups -OCH3 is 1. The number of carbonyl (C=O) groups is 1. The van der Waals surface area contributed by atoms with Gasteiger partial charge in [0.15, 0.2) is 0 Å². The van der Waals surface area contributed by atoms with E-state index in [1.165, 1.54) is 12.8 Å². The molecule has 0 radical (unpaired) electrons. The summed E-state index contributed by atoms with van der Waals surface area (Å²) in [4.78, 5) is 12.2. The summed E-state index contributed by atoms with van der Waals surface area (Å²) in [5, 5.41) is 15.5. The van der Waals surface area contributed by atoms with Gasteiger partial charge in [-0.3, -0.25) is 4.79 Å². The van der Waals surface area contributed by atoms with Crippen LogP contribution in [0.4, 0.5) is 0 Å². The van der Waals surface area contributed by atoms with E-state index in [1.54, 1.807) is 7.11 Å². The van der Waals surface area contributed by atoms with E-state index in [0.29, 0.717) is 19.5 Å². The summed E-state index contributed by atoms with van der Waals surface area (Å²) in [6.07, 6.45) is 4.83. The highest BCUT2D eigenvalue weighted by Gasteiger charge is 2.28. The third-order valence-electron chi connectivity index (χ3n) is 4.75. The van der Waals surface area contributed by atoms with Gasteiger partial charge < -0.3 is 25.2 Å². The molecule has 1 aliphatic heterocycles. The van der Waals surface area contributed by atoms with Crippen molar-refractivity contribution in [1.29, 1.82) is 0 Å². The number of nitrogens with one attached hydrogen (secondary N) is 2. The lowest BCUT2D eigenvalue weighted by Crippen LogP contribution is -2.40. The molecule has 1 aromatic rings. The standard InChI is InChI=1S/C18H26N2O4.ClH/c1-23-15-7-6-12(17(9-15)24-14-4-2-3-5-14)10-20-18(22)16-8-13(21)11-19-16;/h6-7,9,13-14,16,19,21H,2-5,8,10-11H2,1H3,(H,20,22);1H. The summed E-state index contributed by atoms with van der Waals surface area (Å²) in [6, 6.07) is 5.37. The summed E-state index contributed by atoms with van der Waals surface area (Å²) >= 11 is 0. The van der Waals surface area contributed by atoms with E-state index in [2.05, 4.69) is 10.6 Å². The van der Waals surface area contributed by atoms with Crippen LogP contribution in [0.25, 0.3) is 0 Å². The lowest BCUT2D eigenvalue weighted by atomic mass is 10.1. The number of hydrogen-bond donors (Lipinski definition) is 3. The average molecular weight is 371 g/mol. The number of rotatable bonds is 6. The van der Waals surface area contributed by atoms with Crippen molar-refractivity contribution in [1.82, 2.24) is 10.6 Å². The molecule has 25 heavy (non-hydrogen) atoms. The largest absolute Gasteiger partial charge is 0.497 e. The fourth-order valence-corrected chi connectivity index (χ4v) is 3.33. The van der Waals surface area contributed by atoms with E-state index in [0.717, 1.165) is 29.9 Å². The predicted octanol–water partition coefficient (Wildman–Crippen LogP) is 1.78. The first kappa shape index (κ1) is 19.8. The van der Waals surface area contributed by atoms with Gasteiger partial charge in [-0.25, -0.2) is 0 Å². The second-order valence-corrected chi connectivity index (χ2v) is 6.57. The molecule has 1 heterocycles. The Balaban J connectivity index is 0.00000225. The maximum absolute atomic E-state index is 12.2. The Morgan fingerprint density at radius 1 is 1.36 bits per heavy atom. The van der Waals surface area contributed by atoms with Crippen LogP contribution in [0.2, 0.25) is 0 Å². The zero-order chi connectivity index (χ0) is 16.9. The third-order valence-corrected chi connectivity index (χ3v) is 4.75. The molecule has 0 bridgehead atoms. The minimum atomic E-state index is -0.442. The van der Waals surface area contributed by atoms with Gasteiger partial charge in [-0.2, -0.15) is 0 Å². The Morgan fingerprint density at radius 3 is 2.76 bits per heavy atom. The summed E-state index contributed by atoms with van der Waals surface area (Å²) in [7, 11) is 1.63. The third kappa shape index (κ3) is 5.23. The van der Waals surface area contributed by atoms with Crippen LogP contribution in [0.15, 0.2) is 18.2 Å². The molecule has 1 aliphatic carbocycles. The quantitative estimate of drug-likeness (QED) is 0.711. The SMILES string of the molecule is COc1ccc(CNC(=O)C2CC(O)CN2)c(OC2CCCC2)c1.Cl. The van der Waals surface area contributed by atoms with Crippen LogP contribution >= 0.6 is 12.4 Å². The van der Waals surface area contributed by atoms with Gasteiger partial charge in [0, 0.05) is 24.7 Å². The van der Waals surface area contributed by atoms with E-state index < -0.39 is 6.10 Å². The molecule has 2 fully saturated rings. The molecule has 2 unspecified atom stereocenters. The lowest BCUT2D eigenvalue weighted by Gasteiger charge is -2.18. The Kier molecular flexibility index (Phi) is 7.35. The van der Waals surface area contributed by atoms with Crippen LogP contribution in [0.1, 0.15) is 37.7 Å². The molecule has 2 atom stereocenters. The number of β-amino-alcohol motifs (C(OH)–C–C–N with tert-alkyl or cyclic N) is 1. The molecule has 1 aromatic carbocycles. The van der Waals surface area contributed by atoms with E-state index >= 15 is 0 Å². The number of halogens is 1. The molecule has 1 saturated carbocycles. The molecule has 0 aromatic heterocycles. The Labute approximate surface area is 154 Å². The second kappa shape index (κ2) is 9.27. The summed E-state index contributed by atoms with van der Waals surface area (Å²) in [5.41, 5.74) is 0.939. The molecular formula is C18H27ClN2O4. The molecule has 1 amide bonds. The molecular weight excluding hydrogens is 344 g/mol. The first-order chi connectivity index (χ1) is 11.7. The number of benzene rings is 1. The van der Waals surface area contributed by atoms with Gasteiger partial charge >= 0.3 is 0 Å². The van der Waals surface area contributed by atoms with Crippen LogP contribution in [-0.2, 0) is 11.3 Å². The Bertz CT molecular complexity index is 578. The highest BCUT2D eigenvalue weighted by Crippen LogP contribution is 2.30. The average Bonchev–Trinajstić information content (AvgIpc) is 3.25. The topological polar surface area (TPSA) is 79.8 Å². The van der Waals surface area contributed by atoms with Crippen molar-refractivity contribution in [2.75, 3.05) is 13.7 Å². The molecule has 7 heteroatoms. The summed E-state index contributed by atoms with van der Waals surface area (Å²) in [6.45, 7) is 0.871. The smallest absolute Gasteiger partial charge is 0.237 e. The fourth-order valence-electron chi connectivity index (χ4n) is 3.33. The van der Waals surface area contributed by atoms with Crippen LogP contribution in [0.3, 0.4) is 0 Å². The van der Waals surface area contributed by atoms with Crippen LogP contribution < -0.4 is 20.1 Å². The van der Waals surface area contributed by atoms with Gasteiger partial charge in [-0.15, -0.1) is 12.4 Å². The number of hydrogen-bond acceptors (Lipinski definition) is 5. The highest BCUT2D eigenvalue weighted by atomic mass is 35.5. The molecule has 6 nitrogen and oxygen atoms in total. The van der Waals surface area contributed by atoms with Crippen molar-refractivity contribution < 1.29 is 19.4 Å². The molecule has 2 aliphatic rings. The normalized spacial score (nSPS) is 23.1. The van der Waals surface area contributed by atoms with Crippen LogP contribution in [0, 0.1) is 0 Å².